The predicted octanol–water partition coefficient (Wildman–Crippen LogP) is 4.71. The molecule has 3 rings (SSSR count). The highest BCUT2D eigenvalue weighted by atomic mass is 16.5. The monoisotopic (exact) mass is 302 g/mol. The Morgan fingerprint density at radius 1 is 0.783 bits per heavy atom. The van der Waals surface area contributed by atoms with Crippen LogP contribution in [0.1, 0.15) is 11.1 Å². The van der Waals surface area contributed by atoms with Crippen molar-refractivity contribution in [3.05, 3.63) is 96.1 Å². The van der Waals surface area contributed by atoms with Crippen LogP contribution in [0, 0.1) is 0 Å². The molecule has 3 heteroatoms. The molecule has 0 radical (unpaired) electrons. The second-order valence-electron chi connectivity index (χ2n) is 5.05. The van der Waals surface area contributed by atoms with Crippen LogP contribution in [0.2, 0.25) is 0 Å². The van der Waals surface area contributed by atoms with Crippen molar-refractivity contribution in [2.45, 2.75) is 6.61 Å². The number of nitrogens with one attached hydrogen (secondary N) is 1. The number of nitrogens with zero attached hydrogens (tertiary/aromatic N) is 1. The van der Waals surface area contributed by atoms with Crippen molar-refractivity contribution in [3.8, 4) is 5.75 Å². The molecule has 0 aliphatic carbocycles. The molecular weight excluding hydrogens is 284 g/mol. The van der Waals surface area contributed by atoms with Gasteiger partial charge in [-0.2, -0.15) is 5.10 Å². The van der Waals surface area contributed by atoms with Crippen molar-refractivity contribution < 1.29 is 4.74 Å². The van der Waals surface area contributed by atoms with Gasteiger partial charge in [-0.25, -0.2) is 0 Å². The number of para-hydroxylation sites is 2. The zero-order chi connectivity index (χ0) is 15.7. The molecule has 0 unspecified atom stereocenters. The molecule has 0 aromatic heterocycles. The molecule has 1 N–H and O–H groups in total. The first-order valence-corrected chi connectivity index (χ1v) is 7.52. The minimum Gasteiger partial charge on any atom is -0.488 e. The smallest absolute Gasteiger partial charge is 0.128 e. The molecule has 0 fully saturated rings. The lowest BCUT2D eigenvalue weighted by molar-refractivity contribution is 0.306. The number of anilines is 1. The van der Waals surface area contributed by atoms with E-state index in [2.05, 4.69) is 10.5 Å². The summed E-state index contributed by atoms with van der Waals surface area (Å²) in [4.78, 5) is 0. The van der Waals surface area contributed by atoms with E-state index in [1.54, 1.807) is 6.21 Å². The third-order valence-electron chi connectivity index (χ3n) is 3.33. The molecular formula is C20H18N2O. The summed E-state index contributed by atoms with van der Waals surface area (Å²) >= 11 is 0. The lowest BCUT2D eigenvalue weighted by atomic mass is 10.2. The summed E-state index contributed by atoms with van der Waals surface area (Å²) in [5, 5.41) is 4.27. The van der Waals surface area contributed by atoms with Crippen LogP contribution in [0.4, 0.5) is 5.69 Å². The standard InChI is InChI=1S/C20H18N2O/c1-3-9-17(10-4-1)16-23-20-14-8-7-11-18(20)15-21-22-19-12-5-2-6-13-19/h1-15,22H,16H2/b21-15+. The van der Waals surface area contributed by atoms with Crippen LogP contribution in [0.5, 0.6) is 5.75 Å². The van der Waals surface area contributed by atoms with Gasteiger partial charge in [0, 0.05) is 5.56 Å². The number of hydrogen-bond donors (Lipinski definition) is 1. The van der Waals surface area contributed by atoms with E-state index in [1.165, 1.54) is 0 Å². The van der Waals surface area contributed by atoms with Gasteiger partial charge in [-0.05, 0) is 29.8 Å². The van der Waals surface area contributed by atoms with E-state index in [-0.39, 0.29) is 0 Å². The minimum atomic E-state index is 0.539. The fraction of sp³-hybridized carbons (Fsp3) is 0.0500. The molecule has 0 amide bonds. The fourth-order valence-electron chi connectivity index (χ4n) is 2.14. The third-order valence-corrected chi connectivity index (χ3v) is 3.33. The Labute approximate surface area is 136 Å². The van der Waals surface area contributed by atoms with Crippen LogP contribution < -0.4 is 10.2 Å². The Morgan fingerprint density at radius 3 is 2.22 bits per heavy atom. The normalized spacial score (nSPS) is 10.6. The summed E-state index contributed by atoms with van der Waals surface area (Å²) in [7, 11) is 0. The van der Waals surface area contributed by atoms with Gasteiger partial charge in [0.25, 0.3) is 0 Å². The van der Waals surface area contributed by atoms with Crippen molar-refractivity contribution in [2.24, 2.45) is 5.10 Å². The molecule has 0 bridgehead atoms. The van der Waals surface area contributed by atoms with E-state index < -0.39 is 0 Å². The van der Waals surface area contributed by atoms with Crippen LogP contribution in [0.25, 0.3) is 0 Å². The minimum absolute atomic E-state index is 0.539. The first-order valence-electron chi connectivity index (χ1n) is 7.52. The summed E-state index contributed by atoms with van der Waals surface area (Å²) in [6.07, 6.45) is 1.77. The lowest BCUT2D eigenvalue weighted by Crippen LogP contribution is -1.99. The van der Waals surface area contributed by atoms with Crippen LogP contribution in [0.15, 0.2) is 90.0 Å². The predicted molar refractivity (Wildman–Crippen MR) is 94.9 cm³/mol. The average Bonchev–Trinajstić information content (AvgIpc) is 2.63. The van der Waals surface area contributed by atoms with E-state index in [1.807, 2.05) is 84.9 Å². The maximum absolute atomic E-state index is 5.91. The molecule has 3 nitrogen and oxygen atoms in total. The molecule has 23 heavy (non-hydrogen) atoms. The van der Waals surface area contributed by atoms with Crippen LogP contribution >= 0.6 is 0 Å². The molecule has 0 saturated heterocycles. The second kappa shape index (κ2) is 7.80. The molecule has 0 spiro atoms. The highest BCUT2D eigenvalue weighted by molar-refractivity contribution is 5.83. The highest BCUT2D eigenvalue weighted by Gasteiger charge is 2.01. The van der Waals surface area contributed by atoms with Gasteiger partial charge in [0.1, 0.15) is 12.4 Å². The Morgan fingerprint density at radius 2 is 1.43 bits per heavy atom. The van der Waals surface area contributed by atoms with Gasteiger partial charge < -0.3 is 4.74 Å². The summed E-state index contributed by atoms with van der Waals surface area (Å²) in [5.74, 6) is 0.815. The number of hydrogen-bond acceptors (Lipinski definition) is 3. The Balaban J connectivity index is 1.65. The summed E-state index contributed by atoms with van der Waals surface area (Å²) in [5.41, 5.74) is 6.04. The van der Waals surface area contributed by atoms with Crippen molar-refractivity contribution in [3.63, 3.8) is 0 Å². The lowest BCUT2D eigenvalue weighted by Gasteiger charge is -2.09. The first kappa shape index (κ1) is 14.9. The molecule has 0 saturated carbocycles. The molecule has 3 aromatic carbocycles. The zero-order valence-corrected chi connectivity index (χ0v) is 12.7. The van der Waals surface area contributed by atoms with E-state index in [0.717, 1.165) is 22.6 Å². The number of hydrazone groups is 1. The van der Waals surface area contributed by atoms with E-state index >= 15 is 0 Å². The van der Waals surface area contributed by atoms with Crippen molar-refractivity contribution in [2.75, 3.05) is 5.43 Å². The van der Waals surface area contributed by atoms with Crippen molar-refractivity contribution >= 4 is 11.9 Å². The Hall–Kier alpha value is -3.07. The van der Waals surface area contributed by atoms with E-state index in [0.29, 0.717) is 6.61 Å². The fourth-order valence-corrected chi connectivity index (χ4v) is 2.14. The quantitative estimate of drug-likeness (QED) is 0.528. The summed E-state index contributed by atoms with van der Waals surface area (Å²) in [6.45, 7) is 0.539. The molecule has 114 valence electrons. The van der Waals surface area contributed by atoms with E-state index in [9.17, 15) is 0 Å². The largest absolute Gasteiger partial charge is 0.488 e. The van der Waals surface area contributed by atoms with Crippen LogP contribution in [-0.2, 0) is 6.61 Å². The van der Waals surface area contributed by atoms with E-state index in [4.69, 9.17) is 4.74 Å². The Bertz CT molecular complexity index is 755. The van der Waals surface area contributed by atoms with Gasteiger partial charge in [0.05, 0.1) is 11.9 Å². The van der Waals surface area contributed by atoms with Gasteiger partial charge in [-0.15, -0.1) is 0 Å². The number of rotatable bonds is 6. The topological polar surface area (TPSA) is 33.6 Å². The molecule has 0 aliphatic heterocycles. The van der Waals surface area contributed by atoms with Crippen molar-refractivity contribution in [1.29, 1.82) is 0 Å². The maximum atomic E-state index is 5.91. The molecule has 0 atom stereocenters. The zero-order valence-electron chi connectivity index (χ0n) is 12.7. The average molecular weight is 302 g/mol. The third kappa shape index (κ3) is 4.45. The number of ether oxygens (including phenoxy) is 1. The highest BCUT2D eigenvalue weighted by Crippen LogP contribution is 2.17. The molecule has 3 aromatic rings. The van der Waals surface area contributed by atoms with Gasteiger partial charge in [-0.1, -0.05) is 60.7 Å². The van der Waals surface area contributed by atoms with Crippen LogP contribution in [-0.4, -0.2) is 6.21 Å². The molecule has 0 aliphatic rings. The SMILES string of the molecule is C(=N\Nc1ccccc1)/c1ccccc1OCc1ccccc1. The van der Waals surface area contributed by atoms with Crippen molar-refractivity contribution in [1.82, 2.24) is 0 Å². The van der Waals surface area contributed by atoms with Gasteiger partial charge >= 0.3 is 0 Å². The van der Waals surface area contributed by atoms with Gasteiger partial charge in [-0.3, -0.25) is 5.43 Å². The Kier molecular flexibility index (Phi) is 5.04. The molecule has 0 heterocycles. The van der Waals surface area contributed by atoms with Gasteiger partial charge in [0.2, 0.25) is 0 Å². The van der Waals surface area contributed by atoms with Crippen LogP contribution in [0.3, 0.4) is 0 Å². The van der Waals surface area contributed by atoms with Gasteiger partial charge in [0.15, 0.2) is 0 Å². The second-order valence-corrected chi connectivity index (χ2v) is 5.05. The maximum Gasteiger partial charge on any atom is 0.128 e. The summed E-state index contributed by atoms with van der Waals surface area (Å²) in [6, 6.07) is 27.8. The summed E-state index contributed by atoms with van der Waals surface area (Å²) < 4.78 is 5.91. The first-order chi connectivity index (χ1) is 11.4. The number of benzene rings is 3.